The van der Waals surface area contributed by atoms with Crippen LogP contribution in [0.1, 0.15) is 31.0 Å². The van der Waals surface area contributed by atoms with Gasteiger partial charge in [-0.3, -0.25) is 9.69 Å². The van der Waals surface area contributed by atoms with Crippen molar-refractivity contribution >= 4 is 11.9 Å². The Labute approximate surface area is 183 Å². The maximum Gasteiger partial charge on any atom is 0.234 e. The molecule has 2 heterocycles. The first kappa shape index (κ1) is 21.4. The van der Waals surface area contributed by atoms with Crippen molar-refractivity contribution in [1.82, 2.24) is 25.4 Å². The molecule has 1 saturated heterocycles. The lowest BCUT2D eigenvalue weighted by Crippen LogP contribution is -2.54. The molecule has 1 aromatic heterocycles. The van der Waals surface area contributed by atoms with Crippen LogP contribution in [0.25, 0.3) is 11.5 Å². The van der Waals surface area contributed by atoms with Gasteiger partial charge in [-0.1, -0.05) is 17.7 Å². The van der Waals surface area contributed by atoms with Crippen LogP contribution in [0.5, 0.6) is 0 Å². The zero-order valence-electron chi connectivity index (χ0n) is 18.4. The van der Waals surface area contributed by atoms with E-state index in [1.807, 2.05) is 12.1 Å². The number of aryl methyl sites for hydroxylation is 1. The lowest BCUT2D eigenvalue weighted by molar-refractivity contribution is -0.122. The van der Waals surface area contributed by atoms with Crippen LogP contribution < -0.4 is 10.6 Å². The summed E-state index contributed by atoms with van der Waals surface area (Å²) in [6, 6.07) is 8.56. The van der Waals surface area contributed by atoms with E-state index in [1.54, 1.807) is 6.26 Å². The van der Waals surface area contributed by atoms with Crippen molar-refractivity contribution in [2.75, 3.05) is 39.3 Å². The fourth-order valence-electron chi connectivity index (χ4n) is 3.61. The highest BCUT2D eigenvalue weighted by Crippen LogP contribution is 2.20. The number of oxazole rings is 1. The number of hydrogen-bond acceptors (Lipinski definition) is 5. The predicted octanol–water partition coefficient (Wildman–Crippen LogP) is 2.01. The van der Waals surface area contributed by atoms with E-state index in [9.17, 15) is 4.79 Å². The first-order valence-corrected chi connectivity index (χ1v) is 11.2. The highest BCUT2D eigenvalue weighted by Gasteiger charge is 2.26. The summed E-state index contributed by atoms with van der Waals surface area (Å²) in [7, 11) is 0. The molecule has 31 heavy (non-hydrogen) atoms. The minimum atomic E-state index is 0.145. The van der Waals surface area contributed by atoms with Crippen LogP contribution >= 0.6 is 0 Å². The van der Waals surface area contributed by atoms with E-state index in [-0.39, 0.29) is 5.91 Å². The fraction of sp³-hybridized carbons (Fsp3) is 0.522. The minimum Gasteiger partial charge on any atom is -0.444 e. The molecule has 8 heteroatoms. The largest absolute Gasteiger partial charge is 0.444 e. The van der Waals surface area contributed by atoms with Gasteiger partial charge in [-0.2, -0.15) is 0 Å². The van der Waals surface area contributed by atoms with Crippen molar-refractivity contribution in [1.29, 1.82) is 0 Å². The second kappa shape index (κ2) is 9.96. The lowest BCUT2D eigenvalue weighted by atomic mass is 10.1. The van der Waals surface area contributed by atoms with Crippen LogP contribution in [0, 0.1) is 6.92 Å². The Hall–Kier alpha value is -2.87. The number of nitrogens with zero attached hydrogens (tertiary/aromatic N) is 4. The topological polar surface area (TPSA) is 86.0 Å². The number of amides is 1. The van der Waals surface area contributed by atoms with E-state index >= 15 is 0 Å². The third-order valence-corrected chi connectivity index (χ3v) is 5.56. The number of rotatable bonds is 7. The molecule has 8 nitrogen and oxygen atoms in total. The molecule has 2 aromatic rings. The number of hydrogen-bond donors (Lipinski definition) is 2. The molecule has 1 amide bonds. The van der Waals surface area contributed by atoms with Crippen LogP contribution in [0.3, 0.4) is 0 Å². The highest BCUT2D eigenvalue weighted by atomic mass is 16.3. The van der Waals surface area contributed by atoms with Gasteiger partial charge in [0.1, 0.15) is 12.0 Å². The number of aliphatic imine (C=N–C) groups is 1. The van der Waals surface area contributed by atoms with Crippen molar-refractivity contribution < 1.29 is 9.21 Å². The van der Waals surface area contributed by atoms with Gasteiger partial charge in [0.15, 0.2) is 5.96 Å². The predicted molar refractivity (Wildman–Crippen MR) is 121 cm³/mol. The minimum absolute atomic E-state index is 0.145. The Balaban J connectivity index is 1.31. The Morgan fingerprint density at radius 3 is 2.61 bits per heavy atom. The van der Waals surface area contributed by atoms with Gasteiger partial charge < -0.3 is 20.0 Å². The first-order valence-electron chi connectivity index (χ1n) is 11.2. The molecule has 0 unspecified atom stereocenters. The van der Waals surface area contributed by atoms with Gasteiger partial charge in [0.25, 0.3) is 0 Å². The Morgan fingerprint density at radius 1 is 1.19 bits per heavy atom. The van der Waals surface area contributed by atoms with Crippen molar-refractivity contribution in [2.24, 2.45) is 4.99 Å². The van der Waals surface area contributed by atoms with E-state index in [1.165, 1.54) is 5.56 Å². The van der Waals surface area contributed by atoms with E-state index in [4.69, 9.17) is 9.41 Å². The molecule has 1 aliphatic heterocycles. The number of aromatic nitrogens is 1. The van der Waals surface area contributed by atoms with Crippen molar-refractivity contribution in [2.45, 2.75) is 39.3 Å². The summed E-state index contributed by atoms with van der Waals surface area (Å²) >= 11 is 0. The zero-order chi connectivity index (χ0) is 21.6. The molecule has 2 N–H and O–H groups in total. The summed E-state index contributed by atoms with van der Waals surface area (Å²) in [4.78, 5) is 25.9. The zero-order valence-corrected chi connectivity index (χ0v) is 18.4. The Bertz CT molecular complexity index is 895. The van der Waals surface area contributed by atoms with Crippen LogP contribution in [-0.2, 0) is 11.3 Å². The highest BCUT2D eigenvalue weighted by molar-refractivity contribution is 5.80. The van der Waals surface area contributed by atoms with Gasteiger partial charge in [-0.15, -0.1) is 0 Å². The third-order valence-electron chi connectivity index (χ3n) is 5.56. The molecule has 2 fully saturated rings. The summed E-state index contributed by atoms with van der Waals surface area (Å²) in [5, 5.41) is 6.44. The molecule has 0 atom stereocenters. The summed E-state index contributed by atoms with van der Waals surface area (Å²) in [6.45, 7) is 9.26. The van der Waals surface area contributed by atoms with Crippen molar-refractivity contribution in [3.05, 3.63) is 41.8 Å². The molecule has 1 aromatic carbocycles. The number of nitrogens with one attached hydrogen (secondary N) is 2. The lowest BCUT2D eigenvalue weighted by Gasteiger charge is -2.36. The summed E-state index contributed by atoms with van der Waals surface area (Å²) in [5.74, 6) is 1.64. The standard InChI is InChI=1S/C23H32N6O2/c1-3-24-23(29-12-10-28(11-13-29)15-21(30)26-19-8-9-19)25-14-20-16-31-22(27-20)18-6-4-17(2)5-7-18/h4-7,16,19H,3,8-15H2,1-2H3,(H,24,25)(H,26,30). The van der Waals surface area contributed by atoms with Gasteiger partial charge in [0.05, 0.1) is 13.1 Å². The fourth-order valence-corrected chi connectivity index (χ4v) is 3.61. The monoisotopic (exact) mass is 424 g/mol. The average Bonchev–Trinajstić information content (AvgIpc) is 3.45. The molecule has 1 aliphatic carbocycles. The molecule has 0 radical (unpaired) electrons. The maximum atomic E-state index is 12.0. The van der Waals surface area contributed by atoms with Crippen LogP contribution in [0.15, 0.2) is 39.9 Å². The van der Waals surface area contributed by atoms with Gasteiger partial charge in [0.2, 0.25) is 11.8 Å². The van der Waals surface area contributed by atoms with E-state index in [2.05, 4.69) is 51.4 Å². The quantitative estimate of drug-likeness (QED) is 0.522. The number of piperazine rings is 1. The number of carbonyl (C=O) groups excluding carboxylic acids is 1. The molecular formula is C23H32N6O2. The second-order valence-electron chi connectivity index (χ2n) is 8.29. The first-order chi connectivity index (χ1) is 15.1. The van der Waals surface area contributed by atoms with E-state index in [0.29, 0.717) is 25.0 Å². The van der Waals surface area contributed by atoms with Crippen molar-refractivity contribution in [3.8, 4) is 11.5 Å². The molecular weight excluding hydrogens is 392 g/mol. The van der Waals surface area contributed by atoms with Gasteiger partial charge in [-0.25, -0.2) is 9.98 Å². The number of benzene rings is 1. The molecule has 4 rings (SSSR count). The van der Waals surface area contributed by atoms with Crippen LogP contribution in [-0.4, -0.2) is 72.0 Å². The normalized spacial score (nSPS) is 17.6. The second-order valence-corrected chi connectivity index (χ2v) is 8.29. The van der Waals surface area contributed by atoms with E-state index in [0.717, 1.165) is 62.8 Å². The smallest absolute Gasteiger partial charge is 0.234 e. The Kier molecular flexibility index (Phi) is 6.86. The van der Waals surface area contributed by atoms with Crippen LogP contribution in [0.2, 0.25) is 0 Å². The average molecular weight is 425 g/mol. The summed E-state index contributed by atoms with van der Waals surface area (Å²) in [6.07, 6.45) is 3.93. The Morgan fingerprint density at radius 2 is 1.94 bits per heavy atom. The summed E-state index contributed by atoms with van der Waals surface area (Å²) in [5.41, 5.74) is 2.98. The van der Waals surface area contributed by atoms with Crippen molar-refractivity contribution in [3.63, 3.8) is 0 Å². The van der Waals surface area contributed by atoms with Crippen LogP contribution in [0.4, 0.5) is 0 Å². The SMILES string of the molecule is CCNC(=NCc1coc(-c2ccc(C)cc2)n1)N1CCN(CC(=O)NC2CC2)CC1. The number of carbonyl (C=O) groups is 1. The maximum absolute atomic E-state index is 12.0. The molecule has 1 saturated carbocycles. The molecule has 166 valence electrons. The molecule has 0 bridgehead atoms. The van der Waals surface area contributed by atoms with Gasteiger partial charge >= 0.3 is 0 Å². The third kappa shape index (κ3) is 6.07. The molecule has 0 spiro atoms. The van der Waals surface area contributed by atoms with Gasteiger partial charge in [0, 0.05) is 44.3 Å². The summed E-state index contributed by atoms with van der Waals surface area (Å²) < 4.78 is 5.65. The van der Waals surface area contributed by atoms with Gasteiger partial charge in [-0.05, 0) is 38.8 Å². The molecule has 2 aliphatic rings. The number of guanidine groups is 1. The van der Waals surface area contributed by atoms with E-state index < -0.39 is 0 Å².